The van der Waals surface area contributed by atoms with Gasteiger partial charge in [-0.25, -0.2) is 21.1 Å². The van der Waals surface area contributed by atoms with E-state index in [1.807, 2.05) is 0 Å². The largest absolute Gasteiger partial charge is 0.352 e. The molecule has 0 aromatic heterocycles. The fourth-order valence-corrected chi connectivity index (χ4v) is 6.08. The molecule has 0 aliphatic carbocycles. The predicted molar refractivity (Wildman–Crippen MR) is 105 cm³/mol. The van der Waals surface area contributed by atoms with Crippen molar-refractivity contribution >= 4 is 26.0 Å². The quantitative estimate of drug-likeness (QED) is 0.719. The molecule has 1 aromatic carbocycles. The molecule has 2 aliphatic heterocycles. The summed E-state index contributed by atoms with van der Waals surface area (Å²) < 4.78 is 51.3. The highest BCUT2D eigenvalue weighted by molar-refractivity contribution is 7.89. The summed E-state index contributed by atoms with van der Waals surface area (Å²) in [5.41, 5.74) is 0.796. The fraction of sp³-hybridized carbons (Fsp3) is 0.611. The molecule has 2 aliphatic rings. The Morgan fingerprint density at radius 2 is 1.61 bits per heavy atom. The summed E-state index contributed by atoms with van der Waals surface area (Å²) >= 11 is 0. The van der Waals surface area contributed by atoms with Gasteiger partial charge in [-0.1, -0.05) is 12.1 Å². The summed E-state index contributed by atoms with van der Waals surface area (Å²) in [6, 6.07) is 6.54. The molecule has 1 amide bonds. The lowest BCUT2D eigenvalue weighted by Crippen LogP contribution is -2.44. The highest BCUT2D eigenvalue weighted by Gasteiger charge is 2.30. The molecule has 2 heterocycles. The van der Waals surface area contributed by atoms with Crippen molar-refractivity contribution in [2.24, 2.45) is 5.92 Å². The van der Waals surface area contributed by atoms with Gasteiger partial charge in [0.05, 0.1) is 17.1 Å². The number of hydrogen-bond donors (Lipinski definition) is 1. The first-order valence-corrected chi connectivity index (χ1v) is 12.8. The molecular weight excluding hydrogens is 402 g/mol. The second-order valence-corrected chi connectivity index (χ2v) is 11.4. The highest BCUT2D eigenvalue weighted by Crippen LogP contribution is 2.22. The minimum atomic E-state index is -3.44. The Labute approximate surface area is 167 Å². The van der Waals surface area contributed by atoms with Gasteiger partial charge in [-0.05, 0) is 43.4 Å². The fourth-order valence-electron chi connectivity index (χ4n) is 3.65. The van der Waals surface area contributed by atoms with Crippen LogP contribution in [-0.4, -0.2) is 63.8 Å². The van der Waals surface area contributed by atoms with E-state index >= 15 is 0 Å². The van der Waals surface area contributed by atoms with E-state index in [0.717, 1.165) is 24.7 Å². The second-order valence-electron chi connectivity index (χ2n) is 7.43. The Morgan fingerprint density at radius 3 is 2.21 bits per heavy atom. The molecule has 0 saturated carbocycles. The van der Waals surface area contributed by atoms with Crippen LogP contribution in [0.25, 0.3) is 0 Å². The van der Waals surface area contributed by atoms with Crippen LogP contribution in [0.3, 0.4) is 0 Å². The van der Waals surface area contributed by atoms with Crippen molar-refractivity contribution in [3.05, 3.63) is 29.8 Å². The summed E-state index contributed by atoms with van der Waals surface area (Å²) in [5, 5.41) is 2.83. The van der Waals surface area contributed by atoms with Gasteiger partial charge in [-0.2, -0.15) is 4.31 Å². The van der Waals surface area contributed by atoms with Gasteiger partial charge in [0.25, 0.3) is 0 Å². The van der Waals surface area contributed by atoms with Crippen LogP contribution in [0.2, 0.25) is 0 Å². The second kappa shape index (κ2) is 8.48. The van der Waals surface area contributed by atoms with Gasteiger partial charge in [-0.15, -0.1) is 0 Å². The van der Waals surface area contributed by atoms with Crippen molar-refractivity contribution in [1.82, 2.24) is 13.9 Å². The third-order valence-electron chi connectivity index (χ3n) is 5.32. The topological polar surface area (TPSA) is 104 Å². The number of benzene rings is 1. The number of sulfonamides is 2. The summed E-state index contributed by atoms with van der Waals surface area (Å²) in [7, 11) is -6.73. The normalized spacial score (nSPS) is 22.2. The number of rotatable bonds is 6. The lowest BCUT2D eigenvalue weighted by molar-refractivity contribution is -0.126. The molecule has 0 bridgehead atoms. The summed E-state index contributed by atoms with van der Waals surface area (Å²) in [4.78, 5) is 12.7. The van der Waals surface area contributed by atoms with Crippen LogP contribution in [0.15, 0.2) is 29.2 Å². The van der Waals surface area contributed by atoms with Crippen molar-refractivity contribution in [2.75, 3.05) is 32.4 Å². The first-order chi connectivity index (χ1) is 13.2. The molecule has 2 saturated heterocycles. The maximum Gasteiger partial charge on any atom is 0.243 e. The number of carbonyl (C=O) groups excluding carboxylic acids is 1. The summed E-state index contributed by atoms with van der Waals surface area (Å²) in [6.45, 7) is 2.06. The number of carbonyl (C=O) groups is 1. The van der Waals surface area contributed by atoms with Crippen LogP contribution in [0.1, 0.15) is 31.2 Å². The van der Waals surface area contributed by atoms with Gasteiger partial charge in [0.2, 0.25) is 26.0 Å². The van der Waals surface area contributed by atoms with Crippen LogP contribution < -0.4 is 5.32 Å². The van der Waals surface area contributed by atoms with E-state index in [1.54, 1.807) is 24.3 Å². The Bertz CT molecular complexity index is 907. The molecule has 1 atom stereocenters. The van der Waals surface area contributed by atoms with Gasteiger partial charge in [0, 0.05) is 32.7 Å². The molecule has 2 fully saturated rings. The van der Waals surface area contributed by atoms with Crippen LogP contribution in [0, 0.1) is 5.92 Å². The lowest BCUT2D eigenvalue weighted by atomic mass is 9.99. The van der Waals surface area contributed by atoms with Crippen LogP contribution in [0.4, 0.5) is 0 Å². The van der Waals surface area contributed by atoms with Crippen molar-refractivity contribution in [3.8, 4) is 0 Å². The molecule has 1 aromatic rings. The molecule has 28 heavy (non-hydrogen) atoms. The van der Waals surface area contributed by atoms with Gasteiger partial charge < -0.3 is 5.32 Å². The molecule has 0 spiro atoms. The third kappa shape index (κ3) is 4.91. The Kier molecular flexibility index (Phi) is 6.43. The highest BCUT2D eigenvalue weighted by atomic mass is 32.2. The number of nitrogens with zero attached hydrogens (tertiary/aromatic N) is 2. The molecule has 156 valence electrons. The summed E-state index contributed by atoms with van der Waals surface area (Å²) in [5.74, 6) is -0.541. The lowest BCUT2D eigenvalue weighted by Gasteiger charge is -2.30. The van der Waals surface area contributed by atoms with Gasteiger partial charge in [0.1, 0.15) is 0 Å². The first-order valence-electron chi connectivity index (χ1n) is 9.50. The zero-order valence-corrected chi connectivity index (χ0v) is 17.6. The van der Waals surface area contributed by atoms with Crippen molar-refractivity contribution in [2.45, 2.75) is 37.1 Å². The average Bonchev–Trinajstić information content (AvgIpc) is 3.21. The van der Waals surface area contributed by atoms with Crippen molar-refractivity contribution < 1.29 is 21.6 Å². The molecule has 8 nitrogen and oxygen atoms in total. The molecule has 1 N–H and O–H groups in total. The summed E-state index contributed by atoms with van der Waals surface area (Å²) in [6.07, 6.45) is 4.26. The van der Waals surface area contributed by atoms with E-state index in [4.69, 9.17) is 0 Å². The Morgan fingerprint density at radius 1 is 1.00 bits per heavy atom. The molecule has 0 radical (unpaired) electrons. The number of amides is 1. The zero-order chi connectivity index (χ0) is 20.4. The van der Waals surface area contributed by atoms with Crippen molar-refractivity contribution in [3.63, 3.8) is 0 Å². The minimum absolute atomic E-state index is 0.179. The van der Waals surface area contributed by atoms with Crippen LogP contribution in [-0.2, 0) is 31.4 Å². The zero-order valence-electron chi connectivity index (χ0n) is 16.0. The predicted octanol–water partition coefficient (Wildman–Crippen LogP) is 0.759. The maximum atomic E-state index is 12.5. The minimum Gasteiger partial charge on any atom is -0.352 e. The molecule has 3 rings (SSSR count). The van der Waals surface area contributed by atoms with Gasteiger partial charge in [-0.3, -0.25) is 4.79 Å². The van der Waals surface area contributed by atoms with Crippen LogP contribution in [0.5, 0.6) is 0 Å². The number of piperidine rings is 1. The smallest absolute Gasteiger partial charge is 0.243 e. The average molecular weight is 430 g/mol. The number of hydrogen-bond acceptors (Lipinski definition) is 5. The van der Waals surface area contributed by atoms with E-state index in [-0.39, 0.29) is 29.8 Å². The first kappa shape index (κ1) is 21.2. The van der Waals surface area contributed by atoms with E-state index in [1.165, 1.54) is 8.61 Å². The monoisotopic (exact) mass is 429 g/mol. The van der Waals surface area contributed by atoms with Crippen LogP contribution >= 0.6 is 0 Å². The Hall–Kier alpha value is -1.49. The van der Waals surface area contributed by atoms with Gasteiger partial charge >= 0.3 is 0 Å². The van der Waals surface area contributed by atoms with E-state index in [0.29, 0.717) is 32.5 Å². The SMILES string of the molecule is CS(=O)(=O)N1CCCC(C(=O)NCc2ccc(S(=O)(=O)N3CCCC3)cc2)C1. The van der Waals surface area contributed by atoms with E-state index < -0.39 is 20.0 Å². The number of nitrogens with one attached hydrogen (secondary N) is 1. The van der Waals surface area contributed by atoms with E-state index in [2.05, 4.69) is 5.32 Å². The molecule has 10 heteroatoms. The Balaban J connectivity index is 1.57. The molecule has 1 unspecified atom stereocenters. The van der Waals surface area contributed by atoms with Gasteiger partial charge in [0.15, 0.2) is 0 Å². The van der Waals surface area contributed by atoms with E-state index in [9.17, 15) is 21.6 Å². The maximum absolute atomic E-state index is 12.5. The standard InChI is InChI=1S/C18H27N3O5S2/c1-27(23,24)21-12-4-5-16(14-21)18(22)19-13-15-6-8-17(9-7-15)28(25,26)20-10-2-3-11-20/h6-9,16H,2-5,10-14H2,1H3,(H,19,22). The third-order valence-corrected chi connectivity index (χ3v) is 8.50. The van der Waals surface area contributed by atoms with Crippen molar-refractivity contribution in [1.29, 1.82) is 0 Å². The molecular formula is C18H27N3O5S2.